The Hall–Kier alpha value is -3.19. The Morgan fingerprint density at radius 3 is 1.04 bits per heavy atom. The van der Waals surface area contributed by atoms with Gasteiger partial charge in [0.2, 0.25) is 11.8 Å². The van der Waals surface area contributed by atoms with E-state index >= 15 is 4.79 Å². The van der Waals surface area contributed by atoms with Crippen LogP contribution in [0.15, 0.2) is 0 Å². The van der Waals surface area contributed by atoms with Crippen molar-refractivity contribution in [3.63, 3.8) is 0 Å². The van der Waals surface area contributed by atoms with Crippen LogP contribution in [-0.4, -0.2) is 130 Å². The highest BCUT2D eigenvalue weighted by Crippen LogP contribution is 2.43. The van der Waals surface area contributed by atoms with Crippen LogP contribution in [0.4, 0.5) is 0 Å². The number of ether oxygens (including phenoxy) is 6. The summed E-state index contributed by atoms with van der Waals surface area (Å²) in [7, 11) is -5.49. The topological polar surface area (TPSA) is 260 Å². The second-order valence-corrected chi connectivity index (χ2v) is 34.5. The Kier molecular flexibility index (Phi) is 67.5. The zero-order valence-corrected chi connectivity index (χ0v) is 73.0. The summed E-state index contributed by atoms with van der Waals surface area (Å²) < 4.78 is 56.6. The molecule has 2 fully saturated rings. The highest BCUT2D eigenvalue weighted by molar-refractivity contribution is 7.46. The Bertz CT molecular complexity index is 2290. The largest absolute Gasteiger partial charge is 0.470 e. The monoisotopic (exact) mass is 1600 g/mol. The zero-order chi connectivity index (χ0) is 80.9. The number of likely N-dealkylation sites (tertiary alicyclic amines) is 1. The number of phosphoric acid groups is 1. The minimum atomic E-state index is -5.49. The molecular formula is C91H171N2O17P. The molecule has 0 aliphatic carbocycles. The number of nitrogens with one attached hydrogen (secondary N) is 1. The van der Waals surface area contributed by atoms with Crippen molar-refractivity contribution in [2.45, 2.75) is 527 Å². The average Bonchev–Trinajstić information content (AvgIpc) is 0.854. The fraction of sp³-hybridized carbons (Fsp3) is 0.934. The lowest BCUT2D eigenvalue weighted by molar-refractivity contribution is -0.273. The van der Waals surface area contributed by atoms with Gasteiger partial charge in [0.05, 0.1) is 38.5 Å². The van der Waals surface area contributed by atoms with Crippen molar-refractivity contribution in [3.8, 4) is 0 Å². The predicted molar refractivity (Wildman–Crippen MR) is 449 cm³/mol. The van der Waals surface area contributed by atoms with Gasteiger partial charge in [-0.3, -0.25) is 33.3 Å². The normalized spacial score (nSPS) is 18.1. The van der Waals surface area contributed by atoms with Crippen molar-refractivity contribution in [2.75, 3.05) is 19.8 Å². The second-order valence-electron chi connectivity index (χ2n) is 33.3. The molecular weight excluding hydrogens is 1420 g/mol. The summed E-state index contributed by atoms with van der Waals surface area (Å²) in [6.07, 6.45) is 54.3. The number of aliphatic hydroxyl groups is 1. The summed E-state index contributed by atoms with van der Waals surface area (Å²) in [6, 6.07) is -2.10. The minimum absolute atomic E-state index is 0.0135. The Morgan fingerprint density at radius 1 is 0.405 bits per heavy atom. The third-order valence-corrected chi connectivity index (χ3v) is 23.3. The predicted octanol–water partition coefficient (Wildman–Crippen LogP) is 23.8. The summed E-state index contributed by atoms with van der Waals surface area (Å²) in [5, 5.41) is 14.1. The third-order valence-electron chi connectivity index (χ3n) is 22.8. The molecule has 2 amide bonds. The van der Waals surface area contributed by atoms with Crippen LogP contribution in [0.2, 0.25) is 0 Å². The Labute approximate surface area is 678 Å². The molecule has 0 saturated carbocycles. The molecule has 111 heavy (non-hydrogen) atoms. The first-order valence-electron chi connectivity index (χ1n) is 47.0. The maximum absolute atomic E-state index is 15.0. The first-order valence-corrected chi connectivity index (χ1v) is 48.5. The van der Waals surface area contributed by atoms with E-state index in [-0.39, 0.29) is 44.2 Å². The third kappa shape index (κ3) is 57.5. The number of carbonyl (C=O) groups excluding carboxylic acids is 6. The molecule has 20 heteroatoms. The Morgan fingerprint density at radius 2 is 0.712 bits per heavy atom. The molecule has 0 unspecified atom stereocenters. The molecule has 0 radical (unpaired) electrons. The number of rotatable bonds is 79. The van der Waals surface area contributed by atoms with E-state index in [0.717, 1.165) is 148 Å². The van der Waals surface area contributed by atoms with Crippen LogP contribution in [0.1, 0.15) is 472 Å². The molecule has 2 aliphatic rings. The van der Waals surface area contributed by atoms with Crippen LogP contribution in [-0.2, 0) is 66.3 Å². The minimum Gasteiger partial charge on any atom is -0.462 e. The van der Waals surface area contributed by atoms with Crippen LogP contribution >= 0.6 is 7.82 Å². The fourth-order valence-corrected chi connectivity index (χ4v) is 16.5. The van der Waals surface area contributed by atoms with Gasteiger partial charge in [-0.25, -0.2) is 4.57 Å². The van der Waals surface area contributed by atoms with Gasteiger partial charge in [-0.05, 0) is 70.6 Å². The number of aliphatic hydroxyl groups excluding tert-OH is 1. The SMILES string of the molecule is CCCCCCCCCCCCCC(=O)O[C@H](CCCCCCCCCCC)CC(=O)O[C@@H]1[C@@H](NC(=O)C[C@@H](CCCCCCCCCCC)OC(=O)CCCCCCCCCCC)[C@H](OC[C@@H]2CCCN2C(=O)C[C@@H](CCCCCCCCCCC)OC(=O)CCCCCCCCCCC)O[C@H](CO)[C@H]1OP(=O)(O)O. The number of phosphoric ester groups is 1. The van der Waals surface area contributed by atoms with Crippen LogP contribution in [0.25, 0.3) is 0 Å². The molecule has 0 aromatic heterocycles. The first kappa shape index (κ1) is 104. The van der Waals surface area contributed by atoms with Crippen molar-refractivity contribution in [1.82, 2.24) is 10.2 Å². The van der Waals surface area contributed by atoms with Crippen molar-refractivity contribution in [2.24, 2.45) is 0 Å². The Balaban J connectivity index is 2.61. The lowest BCUT2D eigenvalue weighted by Gasteiger charge is -2.45. The average molecular weight is 1600 g/mol. The molecule has 2 saturated heterocycles. The van der Waals surface area contributed by atoms with E-state index in [2.05, 4.69) is 46.9 Å². The van der Waals surface area contributed by atoms with Crippen molar-refractivity contribution in [1.29, 1.82) is 0 Å². The van der Waals surface area contributed by atoms with Gasteiger partial charge in [-0.15, -0.1) is 0 Å². The van der Waals surface area contributed by atoms with Gasteiger partial charge >= 0.3 is 31.7 Å². The summed E-state index contributed by atoms with van der Waals surface area (Å²) in [4.78, 5) is 109. The van der Waals surface area contributed by atoms with Crippen molar-refractivity contribution >= 4 is 43.5 Å². The van der Waals surface area contributed by atoms with E-state index in [0.29, 0.717) is 70.8 Å². The van der Waals surface area contributed by atoms with E-state index in [1.54, 1.807) is 4.90 Å². The number of nitrogens with zero attached hydrogens (tertiary/aromatic N) is 1. The molecule has 2 heterocycles. The van der Waals surface area contributed by atoms with Gasteiger partial charge in [0, 0.05) is 25.8 Å². The van der Waals surface area contributed by atoms with Crippen LogP contribution in [0.3, 0.4) is 0 Å². The van der Waals surface area contributed by atoms with E-state index < -0.39 is 99.7 Å². The molecule has 0 aromatic rings. The molecule has 9 atom stereocenters. The van der Waals surface area contributed by atoms with Gasteiger partial charge in [0.15, 0.2) is 12.4 Å². The molecule has 2 rings (SSSR count). The lowest BCUT2D eigenvalue weighted by atomic mass is 9.95. The van der Waals surface area contributed by atoms with E-state index in [4.69, 9.17) is 32.9 Å². The molecule has 2 aliphatic heterocycles. The number of unbranched alkanes of at least 4 members (excludes halogenated alkanes) is 50. The molecule has 19 nitrogen and oxygen atoms in total. The summed E-state index contributed by atoms with van der Waals surface area (Å²) in [6.45, 7) is 12.6. The highest BCUT2D eigenvalue weighted by atomic mass is 31.2. The number of carbonyl (C=O) groups is 6. The maximum atomic E-state index is 15.0. The zero-order valence-electron chi connectivity index (χ0n) is 72.1. The maximum Gasteiger partial charge on any atom is 0.470 e. The number of amides is 2. The van der Waals surface area contributed by atoms with Gasteiger partial charge in [-0.2, -0.15) is 0 Å². The van der Waals surface area contributed by atoms with Gasteiger partial charge in [-0.1, -0.05) is 363 Å². The van der Waals surface area contributed by atoms with Gasteiger partial charge in [0.1, 0.15) is 36.6 Å². The van der Waals surface area contributed by atoms with Crippen molar-refractivity contribution in [3.05, 3.63) is 0 Å². The highest BCUT2D eigenvalue weighted by Gasteiger charge is 2.53. The van der Waals surface area contributed by atoms with E-state index in [9.17, 15) is 43.4 Å². The summed E-state index contributed by atoms with van der Waals surface area (Å²) in [5.74, 6) is -2.91. The molecule has 0 aromatic carbocycles. The van der Waals surface area contributed by atoms with E-state index in [1.807, 2.05) is 0 Å². The quantitative estimate of drug-likeness (QED) is 0.0191. The molecule has 4 N–H and O–H groups in total. The first-order chi connectivity index (χ1) is 54.0. The molecule has 0 bridgehead atoms. The summed E-state index contributed by atoms with van der Waals surface area (Å²) >= 11 is 0. The standard InChI is InChI=1S/C91H171N2O17P/c1-7-13-19-25-31-37-38-44-50-56-62-70-86(99)107-80(67-59-53-47-41-34-28-22-16-10-4)74-87(100)109-90-88(92-82(95)72-78(65-57-51-45-39-32-26-20-14-8-2)105-84(97)68-60-54-48-42-35-29-23-17-11-5)91(108-81(75-94)89(90)110-111(101,102)103)104-76-77-64-63-71-93(77)83(96)73-79(66-58-52-46-40-33-27-21-15-9-3)106-85(98)69-61-55-49-43-36-30-24-18-12-6/h77-81,88-91,94H,7-76H2,1-6H3,(H,92,95)(H2,101,102,103)/t77-,78+,79+,80+,81+,88+,89+,90+,91+/m0/s1. The van der Waals surface area contributed by atoms with Crippen molar-refractivity contribution < 1.29 is 81.2 Å². The van der Waals surface area contributed by atoms with E-state index in [1.165, 1.54) is 186 Å². The molecule has 0 spiro atoms. The lowest BCUT2D eigenvalue weighted by Crippen LogP contribution is -2.66. The van der Waals surface area contributed by atoms with Crippen LogP contribution in [0, 0.1) is 0 Å². The number of hydrogen-bond donors (Lipinski definition) is 4. The second kappa shape index (κ2) is 72.1. The smallest absolute Gasteiger partial charge is 0.462 e. The number of esters is 4. The number of hydrogen-bond acceptors (Lipinski definition) is 15. The van der Waals surface area contributed by atoms with Crippen LogP contribution in [0.5, 0.6) is 0 Å². The van der Waals surface area contributed by atoms with Gasteiger partial charge in [0.25, 0.3) is 0 Å². The molecule has 652 valence electrons. The fourth-order valence-electron chi connectivity index (χ4n) is 15.9. The van der Waals surface area contributed by atoms with Crippen LogP contribution < -0.4 is 5.32 Å². The van der Waals surface area contributed by atoms with Gasteiger partial charge < -0.3 is 53.5 Å². The summed E-state index contributed by atoms with van der Waals surface area (Å²) in [5.41, 5.74) is 0.